The zero-order chi connectivity index (χ0) is 19.7. The number of ketones is 1. The quantitative estimate of drug-likeness (QED) is 0.442. The summed E-state index contributed by atoms with van der Waals surface area (Å²) in [5, 5.41) is 3.18. The Balaban J connectivity index is 1.96. The molecule has 28 heavy (non-hydrogen) atoms. The Hall–Kier alpha value is -2.76. The number of rotatable bonds is 5. The smallest absolute Gasteiger partial charge is 0.263 e. The van der Waals surface area contributed by atoms with Crippen LogP contribution >= 0.6 is 22.9 Å². The molecule has 4 nitrogen and oxygen atoms in total. The molecule has 4 rings (SSSR count). The van der Waals surface area contributed by atoms with Gasteiger partial charge in [-0.3, -0.25) is 14.2 Å². The second-order valence-corrected chi connectivity index (χ2v) is 7.84. The van der Waals surface area contributed by atoms with Gasteiger partial charge < -0.3 is 0 Å². The summed E-state index contributed by atoms with van der Waals surface area (Å²) in [6, 6.07) is 17.0. The molecule has 4 aromatic rings. The van der Waals surface area contributed by atoms with Gasteiger partial charge in [-0.2, -0.15) is 0 Å². The molecule has 6 heteroatoms. The molecule has 0 radical (unpaired) electrons. The SMILES string of the molecule is CC(=O)CCn1c(-c2ccccc2)nc2scc(-c3ccc(Cl)cc3)c2c1=O. The Morgan fingerprint density at radius 3 is 2.46 bits per heavy atom. The Labute approximate surface area is 171 Å². The van der Waals surface area contributed by atoms with Crippen LogP contribution in [0.25, 0.3) is 32.7 Å². The van der Waals surface area contributed by atoms with E-state index in [9.17, 15) is 9.59 Å². The van der Waals surface area contributed by atoms with Crippen LogP contribution in [0.2, 0.25) is 5.02 Å². The first-order valence-corrected chi connectivity index (χ1v) is 10.1. The molecule has 0 unspecified atom stereocenters. The molecule has 0 atom stereocenters. The molecular weight excluding hydrogens is 392 g/mol. The molecular formula is C22H17ClN2O2S. The van der Waals surface area contributed by atoms with Crippen LogP contribution in [0.3, 0.4) is 0 Å². The number of nitrogens with zero attached hydrogens (tertiary/aromatic N) is 2. The number of hydrogen-bond acceptors (Lipinski definition) is 4. The van der Waals surface area contributed by atoms with E-state index in [0.717, 1.165) is 16.7 Å². The Bertz CT molecular complexity index is 1210. The van der Waals surface area contributed by atoms with E-state index < -0.39 is 0 Å². The van der Waals surface area contributed by atoms with Crippen LogP contribution in [0.15, 0.2) is 64.8 Å². The van der Waals surface area contributed by atoms with Gasteiger partial charge in [-0.15, -0.1) is 11.3 Å². The third kappa shape index (κ3) is 3.51. The first-order chi connectivity index (χ1) is 13.5. The predicted molar refractivity (Wildman–Crippen MR) is 115 cm³/mol. The van der Waals surface area contributed by atoms with Crippen LogP contribution < -0.4 is 5.56 Å². The van der Waals surface area contributed by atoms with Gasteiger partial charge in [-0.1, -0.05) is 54.1 Å². The number of fused-ring (bicyclic) bond motifs is 1. The van der Waals surface area contributed by atoms with Gasteiger partial charge in [0.2, 0.25) is 0 Å². The lowest BCUT2D eigenvalue weighted by Crippen LogP contribution is -2.24. The maximum Gasteiger partial charge on any atom is 0.263 e. The first-order valence-electron chi connectivity index (χ1n) is 8.87. The lowest BCUT2D eigenvalue weighted by atomic mass is 10.1. The molecule has 0 spiro atoms. The van der Waals surface area contributed by atoms with Crippen LogP contribution in [-0.4, -0.2) is 15.3 Å². The van der Waals surface area contributed by atoms with E-state index in [1.807, 2.05) is 47.8 Å². The normalized spacial score (nSPS) is 11.1. The van der Waals surface area contributed by atoms with E-state index in [4.69, 9.17) is 16.6 Å². The average Bonchev–Trinajstić information content (AvgIpc) is 3.12. The molecule has 0 fully saturated rings. The maximum absolute atomic E-state index is 13.4. The Kier molecular flexibility index (Phi) is 5.11. The Morgan fingerprint density at radius 2 is 1.79 bits per heavy atom. The van der Waals surface area contributed by atoms with Crippen molar-refractivity contribution < 1.29 is 4.79 Å². The van der Waals surface area contributed by atoms with Crippen LogP contribution in [0.4, 0.5) is 0 Å². The van der Waals surface area contributed by atoms with Crippen molar-refractivity contribution in [3.63, 3.8) is 0 Å². The highest BCUT2D eigenvalue weighted by molar-refractivity contribution is 7.17. The van der Waals surface area contributed by atoms with Gasteiger partial charge in [0.05, 0.1) is 5.39 Å². The number of aromatic nitrogens is 2. The number of halogens is 1. The van der Waals surface area contributed by atoms with Gasteiger partial charge in [0, 0.05) is 34.5 Å². The predicted octanol–water partition coefficient (Wildman–Crippen LogP) is 5.42. The zero-order valence-corrected chi connectivity index (χ0v) is 16.8. The minimum absolute atomic E-state index is 0.0363. The molecule has 0 bridgehead atoms. The molecule has 2 aromatic carbocycles. The second-order valence-electron chi connectivity index (χ2n) is 6.55. The van der Waals surface area contributed by atoms with Crippen molar-refractivity contribution >= 4 is 38.9 Å². The lowest BCUT2D eigenvalue weighted by Gasteiger charge is -2.12. The number of carbonyl (C=O) groups excluding carboxylic acids is 1. The van der Waals surface area contributed by atoms with Crippen LogP contribution in [0.5, 0.6) is 0 Å². The second kappa shape index (κ2) is 7.70. The van der Waals surface area contributed by atoms with Gasteiger partial charge >= 0.3 is 0 Å². The molecule has 0 amide bonds. The molecule has 140 valence electrons. The van der Waals surface area contributed by atoms with E-state index >= 15 is 0 Å². The maximum atomic E-state index is 13.4. The molecule has 0 saturated heterocycles. The van der Waals surface area contributed by atoms with E-state index in [2.05, 4.69) is 0 Å². The number of benzene rings is 2. The summed E-state index contributed by atoms with van der Waals surface area (Å²) >= 11 is 7.44. The van der Waals surface area contributed by atoms with Gasteiger partial charge in [-0.05, 0) is 24.6 Å². The number of hydrogen-bond donors (Lipinski definition) is 0. The van der Waals surface area contributed by atoms with E-state index in [1.54, 1.807) is 16.7 Å². The van der Waals surface area contributed by atoms with Gasteiger partial charge in [0.15, 0.2) is 0 Å². The summed E-state index contributed by atoms with van der Waals surface area (Å²) in [5.41, 5.74) is 2.48. The number of thiophene rings is 1. The molecule has 2 aromatic heterocycles. The molecule has 0 aliphatic heterocycles. The van der Waals surface area contributed by atoms with Crippen LogP contribution in [0, 0.1) is 0 Å². The lowest BCUT2D eigenvalue weighted by molar-refractivity contribution is -0.117. The van der Waals surface area contributed by atoms with Crippen LogP contribution in [0.1, 0.15) is 13.3 Å². The molecule has 0 saturated carbocycles. The summed E-state index contributed by atoms with van der Waals surface area (Å²) in [6.45, 7) is 1.83. The fourth-order valence-electron chi connectivity index (χ4n) is 3.15. The summed E-state index contributed by atoms with van der Waals surface area (Å²) in [5.74, 6) is 0.623. The molecule has 0 aliphatic carbocycles. The van der Waals surface area contributed by atoms with Crippen molar-refractivity contribution in [2.75, 3.05) is 0 Å². The minimum Gasteiger partial charge on any atom is -0.300 e. The first kappa shape index (κ1) is 18.6. The summed E-state index contributed by atoms with van der Waals surface area (Å²) in [7, 11) is 0. The third-order valence-electron chi connectivity index (χ3n) is 4.57. The molecule has 2 heterocycles. The van der Waals surface area contributed by atoms with Gasteiger partial charge in [0.25, 0.3) is 5.56 Å². The van der Waals surface area contributed by atoms with Gasteiger partial charge in [0.1, 0.15) is 16.4 Å². The standard InChI is InChI=1S/C22H17ClN2O2S/c1-14(26)11-12-25-20(16-5-3-2-4-6-16)24-21-19(22(25)27)18(13-28-21)15-7-9-17(23)10-8-15/h2-10,13H,11-12H2,1H3. The summed E-state index contributed by atoms with van der Waals surface area (Å²) < 4.78 is 1.62. The molecule has 0 N–H and O–H groups in total. The number of carbonyl (C=O) groups is 1. The van der Waals surface area contributed by atoms with E-state index in [0.29, 0.717) is 27.6 Å². The van der Waals surface area contributed by atoms with Crippen molar-refractivity contribution in [2.45, 2.75) is 19.9 Å². The zero-order valence-electron chi connectivity index (χ0n) is 15.2. The largest absolute Gasteiger partial charge is 0.300 e. The average molecular weight is 409 g/mol. The number of Topliss-reactive ketones (excluding diaryl/α,β-unsaturated/α-hetero) is 1. The highest BCUT2D eigenvalue weighted by Crippen LogP contribution is 2.33. The monoisotopic (exact) mass is 408 g/mol. The highest BCUT2D eigenvalue weighted by atomic mass is 35.5. The van der Waals surface area contributed by atoms with Crippen molar-refractivity contribution in [3.8, 4) is 22.5 Å². The van der Waals surface area contributed by atoms with Crippen LogP contribution in [-0.2, 0) is 11.3 Å². The third-order valence-corrected chi connectivity index (χ3v) is 5.69. The van der Waals surface area contributed by atoms with Crippen molar-refractivity contribution in [3.05, 3.63) is 75.4 Å². The van der Waals surface area contributed by atoms with E-state index in [-0.39, 0.29) is 17.8 Å². The fourth-order valence-corrected chi connectivity index (χ4v) is 4.21. The van der Waals surface area contributed by atoms with Gasteiger partial charge in [-0.25, -0.2) is 4.98 Å². The summed E-state index contributed by atoms with van der Waals surface area (Å²) in [4.78, 5) is 30.5. The van der Waals surface area contributed by atoms with Crippen molar-refractivity contribution in [2.24, 2.45) is 0 Å². The topological polar surface area (TPSA) is 52.0 Å². The van der Waals surface area contributed by atoms with E-state index in [1.165, 1.54) is 18.3 Å². The van der Waals surface area contributed by atoms with Crippen molar-refractivity contribution in [1.82, 2.24) is 9.55 Å². The Morgan fingerprint density at radius 1 is 1.07 bits per heavy atom. The highest BCUT2D eigenvalue weighted by Gasteiger charge is 2.18. The minimum atomic E-state index is -0.128. The molecule has 0 aliphatic rings. The summed E-state index contributed by atoms with van der Waals surface area (Å²) in [6.07, 6.45) is 0.285. The van der Waals surface area contributed by atoms with Crippen molar-refractivity contribution in [1.29, 1.82) is 0 Å². The fraction of sp³-hybridized carbons (Fsp3) is 0.136.